The minimum absolute atomic E-state index is 0. The molecule has 0 amide bonds. The number of likely N-dealkylation sites (N-methyl/N-ethyl adjacent to an activating group) is 1. The van der Waals surface area contributed by atoms with Crippen LogP contribution in [0, 0.1) is 0 Å². The fourth-order valence-corrected chi connectivity index (χ4v) is 1.37. The second-order valence-electron chi connectivity index (χ2n) is 4.07. The number of nitrogens with one attached hydrogen (secondary N) is 2. The molecule has 0 aliphatic rings. The second kappa shape index (κ2) is 15.9. The van der Waals surface area contributed by atoms with E-state index in [4.69, 9.17) is 9.47 Å². The third-order valence-corrected chi connectivity index (χ3v) is 2.50. The molecule has 0 saturated heterocycles. The average Bonchev–Trinajstić information content (AvgIpc) is 2.39. The Kier molecular flexibility index (Phi) is 17.8. The van der Waals surface area contributed by atoms with E-state index in [-0.39, 0.29) is 24.0 Å². The Bertz CT molecular complexity index is 218. The van der Waals surface area contributed by atoms with Crippen LogP contribution in [0.3, 0.4) is 0 Å². The molecule has 0 rings (SSSR count). The van der Waals surface area contributed by atoms with Gasteiger partial charge in [-0.2, -0.15) is 0 Å². The molecule has 7 heteroatoms. The maximum atomic E-state index is 5.03. The lowest BCUT2D eigenvalue weighted by Crippen LogP contribution is -2.41. The first kappa shape index (κ1) is 21.2. The van der Waals surface area contributed by atoms with Gasteiger partial charge in [-0.1, -0.05) is 0 Å². The van der Waals surface area contributed by atoms with E-state index in [1.165, 1.54) is 0 Å². The number of hydrogen-bond acceptors (Lipinski definition) is 4. The molecule has 2 N–H and O–H groups in total. The summed E-state index contributed by atoms with van der Waals surface area (Å²) in [4.78, 5) is 6.37. The predicted octanol–water partition coefficient (Wildman–Crippen LogP) is 0.384. The Hall–Kier alpha value is -0.120. The standard InChI is InChI=1S/C12H28N4O2.HI/c1-13-12(14-6-5-10-17-3)15-7-8-16(2)9-11-18-4;/h5-11H2,1-4H3,(H2,13,14,15);1H. The number of guanidine groups is 1. The van der Waals surface area contributed by atoms with Crippen molar-refractivity contribution < 1.29 is 9.47 Å². The summed E-state index contributed by atoms with van der Waals surface area (Å²) >= 11 is 0. The summed E-state index contributed by atoms with van der Waals surface area (Å²) in [5, 5.41) is 6.51. The fraction of sp³-hybridized carbons (Fsp3) is 0.917. The van der Waals surface area contributed by atoms with Gasteiger partial charge < -0.3 is 25.0 Å². The topological polar surface area (TPSA) is 58.1 Å². The third-order valence-electron chi connectivity index (χ3n) is 2.50. The summed E-state index contributed by atoms with van der Waals surface area (Å²) in [5.74, 6) is 0.839. The first-order chi connectivity index (χ1) is 8.74. The molecule has 0 aliphatic carbocycles. The van der Waals surface area contributed by atoms with Crippen molar-refractivity contribution in [3.8, 4) is 0 Å². The molecule has 0 aromatic carbocycles. The van der Waals surface area contributed by atoms with Crippen molar-refractivity contribution in [2.45, 2.75) is 6.42 Å². The van der Waals surface area contributed by atoms with Crippen LogP contribution in [0.1, 0.15) is 6.42 Å². The number of methoxy groups -OCH3 is 2. The second-order valence-corrected chi connectivity index (χ2v) is 4.07. The molecule has 0 aliphatic heterocycles. The zero-order chi connectivity index (χ0) is 13.6. The number of halogens is 1. The minimum atomic E-state index is 0. The monoisotopic (exact) mass is 388 g/mol. The zero-order valence-corrected chi connectivity index (χ0v) is 14.9. The van der Waals surface area contributed by atoms with E-state index >= 15 is 0 Å². The van der Waals surface area contributed by atoms with Crippen LogP contribution < -0.4 is 10.6 Å². The van der Waals surface area contributed by atoms with Crippen LogP contribution in [0.2, 0.25) is 0 Å². The lowest BCUT2D eigenvalue weighted by Gasteiger charge is -2.17. The summed E-state index contributed by atoms with van der Waals surface area (Å²) < 4.78 is 10.0. The molecule has 116 valence electrons. The van der Waals surface area contributed by atoms with Crippen LogP contribution in [-0.4, -0.2) is 78.6 Å². The first-order valence-corrected chi connectivity index (χ1v) is 6.35. The first-order valence-electron chi connectivity index (χ1n) is 6.35. The third kappa shape index (κ3) is 14.1. The smallest absolute Gasteiger partial charge is 0.191 e. The van der Waals surface area contributed by atoms with Crippen LogP contribution >= 0.6 is 24.0 Å². The van der Waals surface area contributed by atoms with Gasteiger partial charge in [-0.15, -0.1) is 24.0 Å². The largest absolute Gasteiger partial charge is 0.385 e. The Morgan fingerprint density at radius 2 is 1.68 bits per heavy atom. The van der Waals surface area contributed by atoms with Crippen LogP contribution in [0.15, 0.2) is 4.99 Å². The number of ether oxygens (including phenoxy) is 2. The molecule has 0 aromatic rings. The molecule has 0 saturated carbocycles. The molecular weight excluding hydrogens is 359 g/mol. The molecule has 0 bridgehead atoms. The van der Waals surface area contributed by atoms with Crippen molar-refractivity contribution in [3.63, 3.8) is 0 Å². The van der Waals surface area contributed by atoms with Crippen LogP contribution in [-0.2, 0) is 9.47 Å². The summed E-state index contributed by atoms with van der Waals surface area (Å²) in [6, 6.07) is 0. The summed E-state index contributed by atoms with van der Waals surface area (Å²) in [5.41, 5.74) is 0. The summed E-state index contributed by atoms with van der Waals surface area (Å²) in [7, 11) is 7.29. The van der Waals surface area contributed by atoms with Crippen LogP contribution in [0.4, 0.5) is 0 Å². The predicted molar refractivity (Wildman–Crippen MR) is 90.6 cm³/mol. The SMILES string of the molecule is CN=C(NCCCOC)NCCN(C)CCOC.I. The number of aliphatic imine (C=N–C) groups is 1. The van der Waals surface area contributed by atoms with Crippen molar-refractivity contribution in [1.29, 1.82) is 0 Å². The van der Waals surface area contributed by atoms with Crippen molar-refractivity contribution in [1.82, 2.24) is 15.5 Å². The van der Waals surface area contributed by atoms with Gasteiger partial charge in [0.15, 0.2) is 5.96 Å². The van der Waals surface area contributed by atoms with Crippen molar-refractivity contribution >= 4 is 29.9 Å². The van der Waals surface area contributed by atoms with Crippen LogP contribution in [0.5, 0.6) is 0 Å². The van der Waals surface area contributed by atoms with Gasteiger partial charge in [0.1, 0.15) is 0 Å². The Morgan fingerprint density at radius 3 is 2.26 bits per heavy atom. The summed E-state index contributed by atoms with van der Waals surface area (Å²) in [6.07, 6.45) is 0.977. The molecule has 0 unspecified atom stereocenters. The Morgan fingerprint density at radius 1 is 1.05 bits per heavy atom. The quantitative estimate of drug-likeness (QED) is 0.245. The van der Waals surface area contributed by atoms with Gasteiger partial charge in [-0.3, -0.25) is 4.99 Å². The molecule has 0 atom stereocenters. The number of nitrogens with zero attached hydrogens (tertiary/aromatic N) is 2. The highest BCUT2D eigenvalue weighted by Crippen LogP contribution is 1.82. The van der Waals surface area contributed by atoms with Gasteiger partial charge in [0.05, 0.1) is 6.61 Å². The van der Waals surface area contributed by atoms with Gasteiger partial charge in [0.25, 0.3) is 0 Å². The van der Waals surface area contributed by atoms with E-state index < -0.39 is 0 Å². The molecule has 0 aromatic heterocycles. The molecule has 6 nitrogen and oxygen atoms in total. The highest BCUT2D eigenvalue weighted by atomic mass is 127. The maximum Gasteiger partial charge on any atom is 0.191 e. The normalized spacial score (nSPS) is 11.3. The van der Waals surface area contributed by atoms with Crippen molar-refractivity contribution in [2.75, 3.05) is 67.7 Å². The maximum absolute atomic E-state index is 5.03. The number of rotatable bonds is 10. The summed E-state index contributed by atoms with van der Waals surface area (Å²) in [6.45, 7) is 5.17. The highest BCUT2D eigenvalue weighted by molar-refractivity contribution is 14.0. The molecule has 0 heterocycles. The highest BCUT2D eigenvalue weighted by Gasteiger charge is 1.99. The van der Waals surface area contributed by atoms with Gasteiger partial charge in [0, 0.05) is 54.1 Å². The van der Waals surface area contributed by atoms with E-state index in [1.807, 2.05) is 0 Å². The van der Waals surface area contributed by atoms with Gasteiger partial charge >= 0.3 is 0 Å². The van der Waals surface area contributed by atoms with Crippen molar-refractivity contribution in [3.05, 3.63) is 0 Å². The average molecular weight is 388 g/mol. The molecule has 0 radical (unpaired) electrons. The van der Waals surface area contributed by atoms with E-state index in [0.29, 0.717) is 0 Å². The molecule has 0 spiro atoms. The Labute approximate surface area is 134 Å². The fourth-order valence-electron chi connectivity index (χ4n) is 1.37. The lowest BCUT2D eigenvalue weighted by atomic mass is 10.4. The van der Waals surface area contributed by atoms with Gasteiger partial charge in [-0.25, -0.2) is 0 Å². The van der Waals surface area contributed by atoms with E-state index in [0.717, 1.165) is 51.8 Å². The zero-order valence-electron chi connectivity index (χ0n) is 12.6. The molecule has 0 fully saturated rings. The lowest BCUT2D eigenvalue weighted by molar-refractivity contribution is 0.162. The van der Waals surface area contributed by atoms with Crippen molar-refractivity contribution in [2.24, 2.45) is 4.99 Å². The van der Waals surface area contributed by atoms with E-state index in [2.05, 4.69) is 27.6 Å². The van der Waals surface area contributed by atoms with Gasteiger partial charge in [0.2, 0.25) is 0 Å². The molecule has 19 heavy (non-hydrogen) atoms. The molecular formula is C12H29IN4O2. The van der Waals surface area contributed by atoms with Gasteiger partial charge in [-0.05, 0) is 13.5 Å². The van der Waals surface area contributed by atoms with E-state index in [9.17, 15) is 0 Å². The van der Waals surface area contributed by atoms with Crippen LogP contribution in [0.25, 0.3) is 0 Å². The van der Waals surface area contributed by atoms with E-state index in [1.54, 1.807) is 21.3 Å². The Balaban J connectivity index is 0. The minimum Gasteiger partial charge on any atom is -0.385 e. The number of hydrogen-bond donors (Lipinski definition) is 2.